The molecule has 0 atom stereocenters. The summed E-state index contributed by atoms with van der Waals surface area (Å²) in [7, 11) is 0. The Balaban J connectivity index is 1.66. The number of hydrogen-bond acceptors (Lipinski definition) is 5. The van der Waals surface area contributed by atoms with Crippen LogP contribution >= 0.6 is 11.3 Å². The second-order valence-corrected chi connectivity index (χ2v) is 6.10. The second kappa shape index (κ2) is 6.24. The van der Waals surface area contributed by atoms with Crippen LogP contribution in [-0.2, 0) is 6.54 Å². The lowest BCUT2D eigenvalue weighted by molar-refractivity contribution is 0.102. The molecule has 2 heterocycles. The van der Waals surface area contributed by atoms with Gasteiger partial charge in [0.1, 0.15) is 5.69 Å². The number of thiazole rings is 1. The molecular formula is C15H18N4OS. The summed E-state index contributed by atoms with van der Waals surface area (Å²) in [5.41, 5.74) is 7.92. The number of nitrogens with one attached hydrogen (secondary N) is 1. The van der Waals surface area contributed by atoms with Gasteiger partial charge in [-0.05, 0) is 43.6 Å². The van der Waals surface area contributed by atoms with E-state index in [1.165, 1.54) is 29.7 Å². The first-order valence-electron chi connectivity index (χ1n) is 7.04. The first-order valence-corrected chi connectivity index (χ1v) is 7.92. The zero-order chi connectivity index (χ0) is 14.7. The topological polar surface area (TPSA) is 71.2 Å². The fourth-order valence-electron chi connectivity index (χ4n) is 2.53. The van der Waals surface area contributed by atoms with Crippen molar-refractivity contribution in [2.75, 3.05) is 24.1 Å². The molecule has 6 heteroatoms. The van der Waals surface area contributed by atoms with Gasteiger partial charge in [-0.15, -0.1) is 11.3 Å². The van der Waals surface area contributed by atoms with Crippen LogP contribution in [0.15, 0.2) is 29.6 Å². The van der Waals surface area contributed by atoms with Crippen LogP contribution in [-0.4, -0.2) is 28.9 Å². The molecule has 21 heavy (non-hydrogen) atoms. The molecule has 1 aromatic heterocycles. The Morgan fingerprint density at radius 3 is 2.90 bits per heavy atom. The third kappa shape index (κ3) is 3.59. The highest BCUT2D eigenvalue weighted by Gasteiger charge is 2.13. The van der Waals surface area contributed by atoms with Crippen LogP contribution in [0.3, 0.4) is 0 Å². The van der Waals surface area contributed by atoms with E-state index in [9.17, 15) is 4.79 Å². The molecule has 5 nitrogen and oxygen atoms in total. The summed E-state index contributed by atoms with van der Waals surface area (Å²) in [6.07, 6.45) is 2.56. The van der Waals surface area contributed by atoms with E-state index in [4.69, 9.17) is 5.73 Å². The van der Waals surface area contributed by atoms with Crippen LogP contribution in [0.25, 0.3) is 0 Å². The van der Waals surface area contributed by atoms with Crippen molar-refractivity contribution in [2.24, 2.45) is 0 Å². The zero-order valence-electron chi connectivity index (χ0n) is 11.7. The molecule has 110 valence electrons. The van der Waals surface area contributed by atoms with Crippen molar-refractivity contribution in [2.45, 2.75) is 19.4 Å². The predicted molar refractivity (Wildman–Crippen MR) is 85.4 cm³/mol. The van der Waals surface area contributed by atoms with E-state index < -0.39 is 0 Å². The fourth-order valence-corrected chi connectivity index (χ4v) is 3.08. The molecule has 0 saturated carbocycles. The van der Waals surface area contributed by atoms with E-state index in [0.717, 1.165) is 25.3 Å². The largest absolute Gasteiger partial charge is 0.375 e. The van der Waals surface area contributed by atoms with Gasteiger partial charge >= 0.3 is 0 Å². The maximum absolute atomic E-state index is 12.1. The molecule has 1 aromatic carbocycles. The smallest absolute Gasteiger partial charge is 0.275 e. The van der Waals surface area contributed by atoms with Crippen molar-refractivity contribution < 1.29 is 4.79 Å². The Hall–Kier alpha value is -1.92. The summed E-state index contributed by atoms with van der Waals surface area (Å²) in [6.45, 7) is 3.26. The van der Waals surface area contributed by atoms with Crippen molar-refractivity contribution in [3.63, 3.8) is 0 Å². The number of benzene rings is 1. The maximum Gasteiger partial charge on any atom is 0.275 e. The number of hydrogen-bond donors (Lipinski definition) is 2. The average molecular weight is 302 g/mol. The molecule has 2 aromatic rings. The molecule has 1 aliphatic rings. The van der Waals surface area contributed by atoms with Gasteiger partial charge in [0, 0.05) is 17.6 Å². The van der Waals surface area contributed by atoms with E-state index in [2.05, 4.69) is 21.3 Å². The Morgan fingerprint density at radius 2 is 2.19 bits per heavy atom. The van der Waals surface area contributed by atoms with Gasteiger partial charge in [-0.3, -0.25) is 9.69 Å². The van der Waals surface area contributed by atoms with Crippen LogP contribution in [0.4, 0.5) is 10.8 Å². The number of anilines is 2. The lowest BCUT2D eigenvalue weighted by Crippen LogP contribution is -2.18. The SMILES string of the molecule is Nc1nc(C(=O)Nc2cccc(CN3CCCC3)c2)cs1. The Kier molecular flexibility index (Phi) is 4.17. The minimum Gasteiger partial charge on any atom is -0.375 e. The van der Waals surface area contributed by atoms with Gasteiger partial charge in [-0.1, -0.05) is 12.1 Å². The van der Waals surface area contributed by atoms with Gasteiger partial charge < -0.3 is 11.1 Å². The summed E-state index contributed by atoms with van der Waals surface area (Å²) in [5, 5.41) is 4.94. The number of amides is 1. The number of nitrogens with zero attached hydrogens (tertiary/aromatic N) is 2. The first-order chi connectivity index (χ1) is 10.2. The van der Waals surface area contributed by atoms with E-state index in [0.29, 0.717) is 10.8 Å². The van der Waals surface area contributed by atoms with E-state index in [1.807, 2.05) is 18.2 Å². The van der Waals surface area contributed by atoms with Gasteiger partial charge in [-0.25, -0.2) is 4.98 Å². The van der Waals surface area contributed by atoms with Crippen molar-refractivity contribution >= 4 is 28.1 Å². The standard InChI is InChI=1S/C15H18N4OS/c16-15-18-13(10-21-15)14(20)17-12-5-3-4-11(8-12)9-19-6-1-2-7-19/h3-5,8,10H,1-2,6-7,9H2,(H2,16,18)(H,17,20). The summed E-state index contributed by atoms with van der Waals surface area (Å²) in [6, 6.07) is 7.97. The summed E-state index contributed by atoms with van der Waals surface area (Å²) < 4.78 is 0. The van der Waals surface area contributed by atoms with Crippen LogP contribution in [0.2, 0.25) is 0 Å². The van der Waals surface area contributed by atoms with Crippen molar-refractivity contribution in [1.29, 1.82) is 0 Å². The highest BCUT2D eigenvalue weighted by Crippen LogP contribution is 2.17. The number of carbonyl (C=O) groups excluding carboxylic acids is 1. The van der Waals surface area contributed by atoms with E-state index >= 15 is 0 Å². The fraction of sp³-hybridized carbons (Fsp3) is 0.333. The molecule has 0 aliphatic carbocycles. The molecule has 3 N–H and O–H groups in total. The van der Waals surface area contributed by atoms with Crippen LogP contribution < -0.4 is 11.1 Å². The van der Waals surface area contributed by atoms with E-state index in [-0.39, 0.29) is 5.91 Å². The molecule has 1 aliphatic heterocycles. The second-order valence-electron chi connectivity index (χ2n) is 5.21. The van der Waals surface area contributed by atoms with Crippen molar-refractivity contribution in [1.82, 2.24) is 9.88 Å². The molecule has 0 spiro atoms. The summed E-state index contributed by atoms with van der Waals surface area (Å²) in [5.74, 6) is -0.221. The number of likely N-dealkylation sites (tertiary alicyclic amines) is 1. The van der Waals surface area contributed by atoms with Gasteiger partial charge in [0.2, 0.25) is 0 Å². The molecule has 1 fully saturated rings. The molecule has 0 unspecified atom stereocenters. The number of aromatic nitrogens is 1. The molecule has 3 rings (SSSR count). The predicted octanol–water partition coefficient (Wildman–Crippen LogP) is 2.57. The van der Waals surface area contributed by atoms with Gasteiger partial charge in [0.05, 0.1) is 0 Å². The zero-order valence-corrected chi connectivity index (χ0v) is 12.5. The number of carbonyl (C=O) groups is 1. The number of nitrogen functional groups attached to an aromatic ring is 1. The molecule has 0 bridgehead atoms. The molecule has 1 amide bonds. The highest BCUT2D eigenvalue weighted by molar-refractivity contribution is 7.13. The maximum atomic E-state index is 12.1. The molecule has 0 radical (unpaired) electrons. The van der Waals surface area contributed by atoms with Crippen LogP contribution in [0.1, 0.15) is 28.9 Å². The Labute approximate surface area is 127 Å². The van der Waals surface area contributed by atoms with Crippen molar-refractivity contribution in [3.8, 4) is 0 Å². The van der Waals surface area contributed by atoms with Crippen LogP contribution in [0.5, 0.6) is 0 Å². The van der Waals surface area contributed by atoms with Gasteiger partial charge in [0.25, 0.3) is 5.91 Å². The monoisotopic (exact) mass is 302 g/mol. The van der Waals surface area contributed by atoms with E-state index in [1.54, 1.807) is 5.38 Å². The Morgan fingerprint density at radius 1 is 1.38 bits per heavy atom. The normalized spacial score (nSPS) is 15.2. The number of nitrogens with two attached hydrogens (primary N) is 1. The van der Waals surface area contributed by atoms with Crippen molar-refractivity contribution in [3.05, 3.63) is 40.9 Å². The molecular weight excluding hydrogens is 284 g/mol. The third-order valence-electron chi connectivity index (χ3n) is 3.54. The third-order valence-corrected chi connectivity index (χ3v) is 4.22. The molecule has 1 saturated heterocycles. The summed E-state index contributed by atoms with van der Waals surface area (Å²) >= 11 is 1.27. The quantitative estimate of drug-likeness (QED) is 0.910. The van der Waals surface area contributed by atoms with Crippen LogP contribution in [0, 0.1) is 0 Å². The van der Waals surface area contributed by atoms with Gasteiger partial charge in [-0.2, -0.15) is 0 Å². The minimum absolute atomic E-state index is 0.221. The first kappa shape index (κ1) is 14.0. The lowest BCUT2D eigenvalue weighted by Gasteiger charge is -2.15. The number of rotatable bonds is 4. The average Bonchev–Trinajstić information content (AvgIpc) is 3.11. The Bertz CT molecular complexity index is 634. The van der Waals surface area contributed by atoms with Gasteiger partial charge in [0.15, 0.2) is 5.13 Å². The highest BCUT2D eigenvalue weighted by atomic mass is 32.1. The lowest BCUT2D eigenvalue weighted by atomic mass is 10.2. The minimum atomic E-state index is -0.221. The summed E-state index contributed by atoms with van der Waals surface area (Å²) in [4.78, 5) is 18.5.